The standard InChI is InChI=1S/C20H22N4O3/c1-13(2)24-19-14(10-22-24)8-15(9-21-19)20(25)23(3)11-16-12-26-17-6-4-5-7-18(17)27-16/h4-10,13,16H,11-12H2,1-3H3/t16-/m0/s1. The summed E-state index contributed by atoms with van der Waals surface area (Å²) in [5.41, 5.74) is 1.32. The van der Waals surface area contributed by atoms with E-state index in [2.05, 4.69) is 10.1 Å². The van der Waals surface area contributed by atoms with Gasteiger partial charge >= 0.3 is 0 Å². The number of rotatable bonds is 4. The molecule has 4 rings (SSSR count). The van der Waals surface area contributed by atoms with Crippen molar-refractivity contribution in [1.82, 2.24) is 19.7 Å². The lowest BCUT2D eigenvalue weighted by molar-refractivity contribution is 0.0521. The summed E-state index contributed by atoms with van der Waals surface area (Å²) in [6, 6.07) is 9.60. The summed E-state index contributed by atoms with van der Waals surface area (Å²) < 4.78 is 13.5. The van der Waals surface area contributed by atoms with Crippen LogP contribution in [0.2, 0.25) is 0 Å². The minimum Gasteiger partial charge on any atom is -0.486 e. The van der Waals surface area contributed by atoms with Crippen LogP contribution >= 0.6 is 0 Å². The Morgan fingerprint density at radius 2 is 2.07 bits per heavy atom. The molecule has 0 saturated carbocycles. The molecule has 0 unspecified atom stereocenters. The highest BCUT2D eigenvalue weighted by Gasteiger charge is 2.24. The molecule has 7 nitrogen and oxygen atoms in total. The first-order chi connectivity index (χ1) is 13.0. The number of pyridine rings is 1. The number of ether oxygens (including phenoxy) is 2. The van der Waals surface area contributed by atoms with Gasteiger partial charge in [0.15, 0.2) is 23.3 Å². The van der Waals surface area contributed by atoms with Crippen molar-refractivity contribution in [1.29, 1.82) is 0 Å². The molecule has 0 aliphatic carbocycles. The highest BCUT2D eigenvalue weighted by molar-refractivity contribution is 5.96. The molecule has 1 atom stereocenters. The quantitative estimate of drug-likeness (QED) is 0.710. The topological polar surface area (TPSA) is 69.5 Å². The lowest BCUT2D eigenvalue weighted by Gasteiger charge is -2.29. The van der Waals surface area contributed by atoms with Gasteiger partial charge in [0.05, 0.1) is 18.3 Å². The monoisotopic (exact) mass is 366 g/mol. The van der Waals surface area contributed by atoms with Crippen molar-refractivity contribution in [3.8, 4) is 11.5 Å². The minimum absolute atomic E-state index is 0.107. The molecular formula is C20H22N4O3. The molecule has 3 heterocycles. The number of hydrogen-bond donors (Lipinski definition) is 0. The number of benzene rings is 1. The number of hydrogen-bond acceptors (Lipinski definition) is 5. The molecule has 7 heteroatoms. The molecule has 0 saturated heterocycles. The fourth-order valence-electron chi connectivity index (χ4n) is 3.20. The van der Waals surface area contributed by atoms with E-state index < -0.39 is 0 Å². The average molecular weight is 366 g/mol. The molecule has 3 aromatic rings. The van der Waals surface area contributed by atoms with Gasteiger partial charge in [-0.15, -0.1) is 0 Å². The average Bonchev–Trinajstić information content (AvgIpc) is 3.10. The summed E-state index contributed by atoms with van der Waals surface area (Å²) in [6.45, 7) is 4.93. The molecule has 0 fully saturated rings. The lowest BCUT2D eigenvalue weighted by Crippen LogP contribution is -2.41. The summed E-state index contributed by atoms with van der Waals surface area (Å²) in [5.74, 6) is 1.34. The zero-order chi connectivity index (χ0) is 19.0. The van der Waals surface area contributed by atoms with E-state index in [4.69, 9.17) is 9.47 Å². The normalized spacial score (nSPS) is 15.9. The summed E-state index contributed by atoms with van der Waals surface area (Å²) >= 11 is 0. The predicted octanol–water partition coefficient (Wildman–Crippen LogP) is 2.92. The van der Waals surface area contributed by atoms with Crippen LogP contribution in [-0.2, 0) is 0 Å². The molecule has 2 aromatic heterocycles. The van der Waals surface area contributed by atoms with Crippen molar-refractivity contribution >= 4 is 16.9 Å². The van der Waals surface area contributed by atoms with Gasteiger partial charge in [0, 0.05) is 24.7 Å². The Hall–Kier alpha value is -3.09. The van der Waals surface area contributed by atoms with E-state index in [1.807, 2.05) is 48.9 Å². The van der Waals surface area contributed by atoms with Gasteiger partial charge in [0.25, 0.3) is 5.91 Å². The van der Waals surface area contributed by atoms with Crippen molar-refractivity contribution in [2.24, 2.45) is 0 Å². The third-order valence-electron chi connectivity index (χ3n) is 4.56. The molecule has 1 aliphatic rings. The van der Waals surface area contributed by atoms with Gasteiger partial charge in [-0.25, -0.2) is 9.67 Å². The van der Waals surface area contributed by atoms with Gasteiger partial charge in [0.1, 0.15) is 6.61 Å². The number of carbonyl (C=O) groups excluding carboxylic acids is 1. The van der Waals surface area contributed by atoms with Gasteiger partial charge in [-0.05, 0) is 32.0 Å². The highest BCUT2D eigenvalue weighted by atomic mass is 16.6. The Balaban J connectivity index is 1.47. The van der Waals surface area contributed by atoms with Crippen LogP contribution in [0, 0.1) is 0 Å². The van der Waals surface area contributed by atoms with E-state index in [1.165, 1.54) is 0 Å². The second-order valence-corrected chi connectivity index (χ2v) is 7.00. The number of aromatic nitrogens is 3. The minimum atomic E-state index is -0.214. The van der Waals surface area contributed by atoms with Crippen molar-refractivity contribution in [2.45, 2.75) is 26.0 Å². The van der Waals surface area contributed by atoms with Gasteiger partial charge < -0.3 is 14.4 Å². The molecule has 1 amide bonds. The van der Waals surface area contributed by atoms with Crippen molar-refractivity contribution in [2.75, 3.05) is 20.2 Å². The molecule has 27 heavy (non-hydrogen) atoms. The van der Waals surface area contributed by atoms with Crippen LogP contribution in [0.25, 0.3) is 11.0 Å². The molecular weight excluding hydrogens is 344 g/mol. The summed E-state index contributed by atoms with van der Waals surface area (Å²) in [4.78, 5) is 18.9. The van der Waals surface area contributed by atoms with E-state index in [1.54, 1.807) is 24.3 Å². The first-order valence-corrected chi connectivity index (χ1v) is 9.00. The van der Waals surface area contributed by atoms with Gasteiger partial charge in [-0.3, -0.25) is 4.79 Å². The smallest absolute Gasteiger partial charge is 0.255 e. The Morgan fingerprint density at radius 3 is 2.85 bits per heavy atom. The number of carbonyl (C=O) groups is 1. The predicted molar refractivity (Wildman–Crippen MR) is 101 cm³/mol. The fraction of sp³-hybridized carbons (Fsp3) is 0.350. The number of nitrogens with zero attached hydrogens (tertiary/aromatic N) is 4. The van der Waals surface area contributed by atoms with Crippen LogP contribution in [-0.4, -0.2) is 51.9 Å². The first kappa shape index (κ1) is 17.3. The summed E-state index contributed by atoms with van der Waals surface area (Å²) in [6.07, 6.45) is 3.14. The number of likely N-dealkylation sites (N-methyl/N-ethyl adjacent to an activating group) is 1. The Morgan fingerprint density at radius 1 is 1.30 bits per heavy atom. The Labute approximate surface area is 157 Å². The Bertz CT molecular complexity index is 982. The van der Waals surface area contributed by atoms with Crippen LogP contribution in [0.1, 0.15) is 30.2 Å². The van der Waals surface area contributed by atoms with E-state index >= 15 is 0 Å². The summed E-state index contributed by atoms with van der Waals surface area (Å²) in [7, 11) is 1.76. The van der Waals surface area contributed by atoms with E-state index in [0.717, 1.165) is 16.8 Å². The number of amides is 1. The third kappa shape index (κ3) is 3.32. The SMILES string of the molecule is CC(C)n1ncc2cc(C(=O)N(C)C[C@H]3COc4ccccc4O3)cnc21. The molecule has 0 bridgehead atoms. The van der Waals surface area contributed by atoms with E-state index in [0.29, 0.717) is 24.5 Å². The lowest BCUT2D eigenvalue weighted by atomic mass is 10.2. The molecule has 1 aromatic carbocycles. The third-order valence-corrected chi connectivity index (χ3v) is 4.56. The van der Waals surface area contributed by atoms with Crippen LogP contribution in [0.3, 0.4) is 0 Å². The second kappa shape index (κ2) is 6.90. The van der Waals surface area contributed by atoms with Crippen molar-refractivity contribution in [3.63, 3.8) is 0 Å². The zero-order valence-corrected chi connectivity index (χ0v) is 15.6. The van der Waals surface area contributed by atoms with Crippen LogP contribution in [0.15, 0.2) is 42.7 Å². The van der Waals surface area contributed by atoms with Crippen LogP contribution in [0.5, 0.6) is 11.5 Å². The van der Waals surface area contributed by atoms with Crippen molar-refractivity contribution in [3.05, 3.63) is 48.3 Å². The van der Waals surface area contributed by atoms with Gasteiger partial charge in [-0.1, -0.05) is 12.1 Å². The molecule has 140 valence electrons. The van der Waals surface area contributed by atoms with Gasteiger partial charge in [-0.2, -0.15) is 5.10 Å². The highest BCUT2D eigenvalue weighted by Crippen LogP contribution is 2.31. The van der Waals surface area contributed by atoms with E-state index in [-0.39, 0.29) is 18.1 Å². The first-order valence-electron chi connectivity index (χ1n) is 9.00. The maximum absolute atomic E-state index is 12.8. The maximum atomic E-state index is 12.8. The second-order valence-electron chi connectivity index (χ2n) is 7.00. The molecule has 1 aliphatic heterocycles. The number of fused-ring (bicyclic) bond motifs is 2. The van der Waals surface area contributed by atoms with Crippen molar-refractivity contribution < 1.29 is 14.3 Å². The zero-order valence-electron chi connectivity index (χ0n) is 15.6. The van der Waals surface area contributed by atoms with Crippen LogP contribution < -0.4 is 9.47 Å². The Kier molecular flexibility index (Phi) is 4.43. The maximum Gasteiger partial charge on any atom is 0.255 e. The fourth-order valence-corrected chi connectivity index (χ4v) is 3.20. The molecule has 0 spiro atoms. The van der Waals surface area contributed by atoms with Gasteiger partial charge in [0.2, 0.25) is 0 Å². The van der Waals surface area contributed by atoms with E-state index in [9.17, 15) is 4.79 Å². The van der Waals surface area contributed by atoms with Crippen LogP contribution in [0.4, 0.5) is 0 Å². The molecule has 0 N–H and O–H groups in total. The number of para-hydroxylation sites is 2. The summed E-state index contributed by atoms with van der Waals surface area (Å²) in [5, 5.41) is 5.20. The largest absolute Gasteiger partial charge is 0.486 e. The molecule has 0 radical (unpaired) electrons.